The molecule has 0 fully saturated rings. The number of anilines is 1. The number of hydrazine groups is 1. The molecule has 0 saturated heterocycles. The van der Waals surface area contributed by atoms with Crippen LogP contribution in [-0.2, 0) is 10.0 Å². The Morgan fingerprint density at radius 2 is 2.16 bits per heavy atom. The maximum atomic E-state index is 11.8. The molecule has 0 aliphatic rings. The van der Waals surface area contributed by atoms with E-state index in [1.807, 2.05) is 0 Å². The lowest BCUT2D eigenvalue weighted by molar-refractivity contribution is 0.0954. The number of hydrogen-bond acceptors (Lipinski definition) is 6. The number of nitrogens with two attached hydrogens (primary N) is 2. The van der Waals surface area contributed by atoms with Crippen LogP contribution in [0.1, 0.15) is 22.5 Å². The molecule has 0 aliphatic carbocycles. The van der Waals surface area contributed by atoms with Crippen molar-refractivity contribution in [3.8, 4) is 0 Å². The predicted molar refractivity (Wildman–Crippen MR) is 71.7 cm³/mol. The molecule has 106 valence electrons. The summed E-state index contributed by atoms with van der Waals surface area (Å²) in [6, 6.07) is 1.64. The van der Waals surface area contributed by atoms with Gasteiger partial charge < -0.3 is 10.7 Å². The fraction of sp³-hybridized carbons (Fsp3) is 0.400. The standard InChI is InChI=1S/C10H17N5O3S/c1-7-5-9(15-11)8(6-14-7)10(16)13-3-2-4-19(12,17)18/h5-6H,2-4,11H2,1H3,(H,13,16)(H,14,15)(H2,12,17,18). The van der Waals surface area contributed by atoms with E-state index in [9.17, 15) is 13.2 Å². The molecule has 19 heavy (non-hydrogen) atoms. The molecule has 0 bridgehead atoms. The molecule has 0 radical (unpaired) electrons. The van der Waals surface area contributed by atoms with Crippen LogP contribution < -0.4 is 21.7 Å². The van der Waals surface area contributed by atoms with E-state index >= 15 is 0 Å². The van der Waals surface area contributed by atoms with Gasteiger partial charge in [-0.15, -0.1) is 0 Å². The summed E-state index contributed by atoms with van der Waals surface area (Å²) < 4.78 is 21.4. The quantitative estimate of drug-likeness (QED) is 0.303. The van der Waals surface area contributed by atoms with Crippen LogP contribution in [0, 0.1) is 6.92 Å². The topological polar surface area (TPSA) is 140 Å². The van der Waals surface area contributed by atoms with Crippen molar-refractivity contribution >= 4 is 21.6 Å². The Hall–Kier alpha value is -1.71. The Bertz CT molecular complexity index is 558. The third-order valence-electron chi connectivity index (χ3n) is 2.33. The van der Waals surface area contributed by atoms with Crippen LogP contribution in [0.25, 0.3) is 0 Å². The Kier molecular flexibility index (Phi) is 5.21. The van der Waals surface area contributed by atoms with Crippen LogP contribution >= 0.6 is 0 Å². The molecular weight excluding hydrogens is 270 g/mol. The van der Waals surface area contributed by atoms with Gasteiger partial charge in [0.25, 0.3) is 5.91 Å². The van der Waals surface area contributed by atoms with E-state index in [-0.39, 0.29) is 24.6 Å². The monoisotopic (exact) mass is 287 g/mol. The van der Waals surface area contributed by atoms with Gasteiger partial charge in [-0.1, -0.05) is 0 Å². The second-order valence-corrected chi connectivity index (χ2v) is 5.73. The van der Waals surface area contributed by atoms with Gasteiger partial charge in [0, 0.05) is 18.4 Å². The molecule has 0 spiro atoms. The zero-order valence-electron chi connectivity index (χ0n) is 10.5. The number of nitrogens with one attached hydrogen (secondary N) is 2. The normalized spacial score (nSPS) is 11.1. The summed E-state index contributed by atoms with van der Waals surface area (Å²) in [6.07, 6.45) is 1.65. The second kappa shape index (κ2) is 6.45. The van der Waals surface area contributed by atoms with Crippen LogP contribution in [0.15, 0.2) is 12.3 Å². The number of nitrogens with zero attached hydrogens (tertiary/aromatic N) is 1. The highest BCUT2D eigenvalue weighted by Crippen LogP contribution is 2.13. The molecule has 1 aromatic rings. The van der Waals surface area contributed by atoms with Gasteiger partial charge in [0.1, 0.15) is 0 Å². The maximum absolute atomic E-state index is 11.8. The molecule has 0 atom stereocenters. The van der Waals surface area contributed by atoms with Crippen LogP contribution in [0.2, 0.25) is 0 Å². The molecule has 0 saturated carbocycles. The van der Waals surface area contributed by atoms with E-state index in [1.54, 1.807) is 13.0 Å². The number of pyridine rings is 1. The maximum Gasteiger partial charge on any atom is 0.255 e. The molecule has 1 rings (SSSR count). The van der Waals surface area contributed by atoms with Gasteiger partial charge in [0.15, 0.2) is 0 Å². The average molecular weight is 287 g/mol. The first-order valence-electron chi connectivity index (χ1n) is 5.55. The Labute approximate surface area is 111 Å². The van der Waals surface area contributed by atoms with Crippen LogP contribution in [0.5, 0.6) is 0 Å². The highest BCUT2D eigenvalue weighted by Gasteiger charge is 2.11. The summed E-state index contributed by atoms with van der Waals surface area (Å²) in [5.74, 6) is 4.76. The van der Waals surface area contributed by atoms with Crippen LogP contribution in [0.3, 0.4) is 0 Å². The smallest absolute Gasteiger partial charge is 0.255 e. The molecule has 0 unspecified atom stereocenters. The first-order valence-corrected chi connectivity index (χ1v) is 7.27. The summed E-state index contributed by atoms with van der Waals surface area (Å²) in [5, 5.41) is 7.42. The molecule has 9 heteroatoms. The number of aryl methyl sites for hydroxylation is 1. The molecule has 1 amide bonds. The number of primary sulfonamides is 1. The predicted octanol–water partition coefficient (Wildman–Crippen LogP) is -0.916. The van der Waals surface area contributed by atoms with Crippen molar-refractivity contribution in [3.05, 3.63) is 23.5 Å². The molecule has 8 nitrogen and oxygen atoms in total. The molecule has 6 N–H and O–H groups in total. The van der Waals surface area contributed by atoms with E-state index in [2.05, 4.69) is 15.7 Å². The van der Waals surface area contributed by atoms with Crippen molar-refractivity contribution in [2.45, 2.75) is 13.3 Å². The lowest BCUT2D eigenvalue weighted by atomic mass is 10.2. The van der Waals surface area contributed by atoms with Crippen molar-refractivity contribution in [1.82, 2.24) is 10.3 Å². The number of carbonyl (C=O) groups is 1. The fourth-order valence-electron chi connectivity index (χ4n) is 1.43. The molecule has 0 aliphatic heterocycles. The summed E-state index contributed by atoms with van der Waals surface area (Å²) >= 11 is 0. The zero-order chi connectivity index (χ0) is 14.5. The van der Waals surface area contributed by atoms with Crippen LogP contribution in [0.4, 0.5) is 5.69 Å². The molecule has 1 heterocycles. The third-order valence-corrected chi connectivity index (χ3v) is 3.19. The first kappa shape index (κ1) is 15.3. The lowest BCUT2D eigenvalue weighted by Crippen LogP contribution is -2.28. The molecular formula is C10H17N5O3S. The lowest BCUT2D eigenvalue weighted by Gasteiger charge is -2.09. The van der Waals surface area contributed by atoms with Gasteiger partial charge in [-0.2, -0.15) is 0 Å². The summed E-state index contributed by atoms with van der Waals surface area (Å²) in [6.45, 7) is 1.97. The summed E-state index contributed by atoms with van der Waals surface area (Å²) in [4.78, 5) is 15.8. The number of rotatable bonds is 6. The Balaban J connectivity index is 2.59. The fourth-order valence-corrected chi connectivity index (χ4v) is 1.98. The number of nitrogen functional groups attached to an aromatic ring is 1. The number of aromatic nitrogens is 1. The summed E-state index contributed by atoms with van der Waals surface area (Å²) in [5.41, 5.74) is 3.89. The van der Waals surface area contributed by atoms with E-state index in [4.69, 9.17) is 11.0 Å². The average Bonchev–Trinajstić information content (AvgIpc) is 2.33. The number of carbonyl (C=O) groups excluding carboxylic acids is 1. The van der Waals surface area contributed by atoms with Gasteiger partial charge in [-0.05, 0) is 19.4 Å². The van der Waals surface area contributed by atoms with Gasteiger partial charge >= 0.3 is 0 Å². The number of sulfonamides is 1. The third kappa shape index (κ3) is 5.20. The number of hydrogen-bond donors (Lipinski definition) is 4. The highest BCUT2D eigenvalue weighted by molar-refractivity contribution is 7.89. The minimum Gasteiger partial charge on any atom is -0.352 e. The first-order chi connectivity index (χ1) is 8.83. The van der Waals surface area contributed by atoms with Gasteiger partial charge in [0.05, 0.1) is 17.0 Å². The van der Waals surface area contributed by atoms with Crippen LogP contribution in [-0.4, -0.2) is 31.6 Å². The molecule has 0 aromatic carbocycles. The Morgan fingerprint density at radius 3 is 2.74 bits per heavy atom. The van der Waals surface area contributed by atoms with Crippen molar-refractivity contribution in [3.63, 3.8) is 0 Å². The minimum absolute atomic E-state index is 0.179. The SMILES string of the molecule is Cc1cc(NN)c(C(=O)NCCCS(N)(=O)=O)cn1. The largest absolute Gasteiger partial charge is 0.352 e. The van der Waals surface area contributed by atoms with E-state index in [0.29, 0.717) is 11.3 Å². The summed E-state index contributed by atoms with van der Waals surface area (Å²) in [7, 11) is -3.50. The number of amides is 1. The van der Waals surface area contributed by atoms with Gasteiger partial charge in [-0.3, -0.25) is 15.6 Å². The molecule has 1 aromatic heterocycles. The van der Waals surface area contributed by atoms with Crippen molar-refractivity contribution in [2.24, 2.45) is 11.0 Å². The highest BCUT2D eigenvalue weighted by atomic mass is 32.2. The zero-order valence-corrected chi connectivity index (χ0v) is 11.3. The minimum atomic E-state index is -3.50. The van der Waals surface area contributed by atoms with Crippen molar-refractivity contribution in [1.29, 1.82) is 0 Å². The van der Waals surface area contributed by atoms with Gasteiger partial charge in [0.2, 0.25) is 10.0 Å². The van der Waals surface area contributed by atoms with E-state index in [1.165, 1.54) is 6.20 Å². The Morgan fingerprint density at radius 1 is 1.47 bits per heavy atom. The van der Waals surface area contributed by atoms with Gasteiger partial charge in [-0.25, -0.2) is 13.6 Å². The van der Waals surface area contributed by atoms with Crippen molar-refractivity contribution in [2.75, 3.05) is 17.7 Å². The van der Waals surface area contributed by atoms with Crippen molar-refractivity contribution < 1.29 is 13.2 Å². The second-order valence-electron chi connectivity index (χ2n) is 3.99. The van der Waals surface area contributed by atoms with E-state index in [0.717, 1.165) is 5.69 Å². The van der Waals surface area contributed by atoms with E-state index < -0.39 is 10.0 Å².